The number of nitrogens with zero attached hydrogens (tertiary/aromatic N) is 2. The van der Waals surface area contributed by atoms with E-state index in [0.717, 1.165) is 45.8 Å². The zero-order valence-corrected chi connectivity index (χ0v) is 18.2. The number of aromatic nitrogens is 1. The van der Waals surface area contributed by atoms with Crippen LogP contribution in [-0.2, 0) is 15.3 Å². The van der Waals surface area contributed by atoms with E-state index in [2.05, 4.69) is 4.98 Å². The molecule has 0 spiro atoms. The largest absolute Gasteiger partial charge is 0.545 e. The van der Waals surface area contributed by atoms with Gasteiger partial charge in [0, 0.05) is 5.75 Å². The predicted octanol–water partition coefficient (Wildman–Crippen LogP) is 3.63. The van der Waals surface area contributed by atoms with E-state index in [1.54, 1.807) is 23.9 Å². The van der Waals surface area contributed by atoms with Gasteiger partial charge in [-0.1, -0.05) is 48.9 Å². The Morgan fingerprint density at radius 1 is 1.06 bits per heavy atom. The molecule has 1 aliphatic heterocycles. The fraction of sp³-hybridized carbons (Fsp3) is 0.304. The van der Waals surface area contributed by atoms with E-state index < -0.39 is 5.97 Å². The highest BCUT2D eigenvalue weighted by Crippen LogP contribution is 2.41. The summed E-state index contributed by atoms with van der Waals surface area (Å²) in [4.78, 5) is 42.6. The Kier molecular flexibility index (Phi) is 5.27. The van der Waals surface area contributed by atoms with Crippen LogP contribution in [0.15, 0.2) is 46.8 Å². The van der Waals surface area contributed by atoms with Gasteiger partial charge in [0.15, 0.2) is 4.34 Å². The highest BCUT2D eigenvalue weighted by Gasteiger charge is 2.48. The lowest BCUT2D eigenvalue weighted by Gasteiger charge is -2.19. The van der Waals surface area contributed by atoms with Crippen LogP contribution >= 0.6 is 23.1 Å². The lowest BCUT2D eigenvalue weighted by Crippen LogP contribution is -2.30. The zero-order chi connectivity index (χ0) is 21.5. The topological polar surface area (TPSA) is 90.4 Å². The number of anilines is 1. The monoisotopic (exact) mass is 451 g/mol. The van der Waals surface area contributed by atoms with Crippen molar-refractivity contribution >= 4 is 56.8 Å². The Hall–Kier alpha value is -2.71. The number of fused-ring (bicyclic) bond motifs is 2. The molecule has 6 nitrogen and oxygen atoms in total. The number of thioether (sulfide) groups is 1. The summed E-state index contributed by atoms with van der Waals surface area (Å²) in [7, 11) is 0. The Morgan fingerprint density at radius 2 is 1.74 bits per heavy atom. The van der Waals surface area contributed by atoms with Crippen LogP contribution < -0.4 is 10.0 Å². The van der Waals surface area contributed by atoms with E-state index >= 15 is 0 Å². The minimum Gasteiger partial charge on any atom is -0.545 e. The van der Waals surface area contributed by atoms with Gasteiger partial charge in [-0.25, -0.2) is 4.98 Å². The highest BCUT2D eigenvalue weighted by molar-refractivity contribution is 8.00. The lowest BCUT2D eigenvalue weighted by molar-refractivity contribution is -0.255. The molecule has 2 atom stereocenters. The zero-order valence-electron chi connectivity index (χ0n) is 16.6. The smallest absolute Gasteiger partial charge is 0.237 e. The van der Waals surface area contributed by atoms with Gasteiger partial charge in [0.25, 0.3) is 0 Å². The van der Waals surface area contributed by atoms with Gasteiger partial charge in [-0.2, -0.15) is 0 Å². The molecule has 1 saturated heterocycles. The summed E-state index contributed by atoms with van der Waals surface area (Å²) >= 11 is 3.09. The summed E-state index contributed by atoms with van der Waals surface area (Å²) in [5, 5.41) is 10.9. The maximum atomic E-state index is 12.9. The molecule has 0 radical (unpaired) electrons. The number of benzene rings is 2. The molecule has 0 unspecified atom stereocenters. The first-order valence-electron chi connectivity index (χ1n) is 10.2. The fourth-order valence-electron chi connectivity index (χ4n) is 4.39. The molecule has 8 heteroatoms. The second kappa shape index (κ2) is 8.09. The molecule has 2 aromatic carbocycles. The molecule has 3 aromatic rings. The van der Waals surface area contributed by atoms with Crippen LogP contribution in [0.5, 0.6) is 0 Å². The number of thiazole rings is 1. The normalized spacial score (nSPS) is 21.0. The van der Waals surface area contributed by atoms with Crippen molar-refractivity contribution in [1.82, 2.24) is 4.98 Å². The van der Waals surface area contributed by atoms with E-state index in [1.807, 2.05) is 18.2 Å². The number of carboxylic acid groups (broad SMARTS) is 1. The van der Waals surface area contributed by atoms with Gasteiger partial charge in [0.05, 0.1) is 33.7 Å². The standard InChI is InChI=1S/C23H20N2O4S2/c26-20-16-3-1-2-4-17(16)21(27)25(20)15-9-10-18-19(11-15)31-23(24-18)30-12-13-5-7-14(8-6-13)22(28)29/h5-11,16-17H,1-4,12H2,(H,28,29)/p-1/t16-,17+. The summed E-state index contributed by atoms with van der Waals surface area (Å²) < 4.78 is 1.81. The van der Waals surface area contributed by atoms with Gasteiger partial charge in [0.1, 0.15) is 0 Å². The second-order valence-corrected chi connectivity index (χ2v) is 10.2. The first kappa shape index (κ1) is 20.2. The number of hydrogen-bond donors (Lipinski definition) is 0. The summed E-state index contributed by atoms with van der Waals surface area (Å²) in [6, 6.07) is 12.2. The van der Waals surface area contributed by atoms with Gasteiger partial charge < -0.3 is 9.90 Å². The number of amides is 2. The van der Waals surface area contributed by atoms with Crippen molar-refractivity contribution in [1.29, 1.82) is 0 Å². The van der Waals surface area contributed by atoms with Crippen LogP contribution in [0.4, 0.5) is 5.69 Å². The maximum absolute atomic E-state index is 12.9. The van der Waals surface area contributed by atoms with Crippen molar-refractivity contribution in [2.75, 3.05) is 4.90 Å². The molecule has 158 valence electrons. The third-order valence-electron chi connectivity index (χ3n) is 6.00. The molecule has 2 amide bonds. The number of carbonyl (C=O) groups excluding carboxylic acids is 3. The highest BCUT2D eigenvalue weighted by atomic mass is 32.2. The van der Waals surface area contributed by atoms with Gasteiger partial charge >= 0.3 is 0 Å². The van der Waals surface area contributed by atoms with Gasteiger partial charge in [-0.05, 0) is 42.2 Å². The molecule has 1 aromatic heterocycles. The van der Waals surface area contributed by atoms with E-state index in [9.17, 15) is 19.5 Å². The van der Waals surface area contributed by atoms with Crippen molar-refractivity contribution in [3.05, 3.63) is 53.6 Å². The number of carboxylic acids is 1. The molecule has 2 heterocycles. The van der Waals surface area contributed by atoms with E-state index in [1.165, 1.54) is 28.4 Å². The lowest BCUT2D eigenvalue weighted by atomic mass is 9.81. The second-order valence-electron chi connectivity index (χ2n) is 7.91. The minimum absolute atomic E-state index is 0.0619. The number of imide groups is 1. The Bertz CT molecular complexity index is 1160. The van der Waals surface area contributed by atoms with Crippen LogP contribution in [0.1, 0.15) is 41.6 Å². The summed E-state index contributed by atoms with van der Waals surface area (Å²) in [6.07, 6.45) is 3.63. The molecule has 2 aliphatic rings. The Balaban J connectivity index is 1.34. The van der Waals surface area contributed by atoms with Crippen LogP contribution in [0, 0.1) is 11.8 Å². The number of carbonyl (C=O) groups is 3. The summed E-state index contributed by atoms with van der Waals surface area (Å²) in [5.74, 6) is -0.968. The van der Waals surface area contributed by atoms with Crippen molar-refractivity contribution in [2.24, 2.45) is 11.8 Å². The number of hydrogen-bond acceptors (Lipinski definition) is 7. The third kappa shape index (κ3) is 3.74. The number of rotatable bonds is 5. The molecule has 5 rings (SSSR count). The number of aromatic carboxylic acids is 1. The van der Waals surface area contributed by atoms with Crippen molar-refractivity contribution in [2.45, 2.75) is 35.8 Å². The van der Waals surface area contributed by atoms with Crippen molar-refractivity contribution in [3.63, 3.8) is 0 Å². The van der Waals surface area contributed by atoms with Crippen LogP contribution in [0.25, 0.3) is 10.2 Å². The molecule has 1 saturated carbocycles. The quantitative estimate of drug-likeness (QED) is 0.435. The molecule has 0 N–H and O–H groups in total. The molecular weight excluding hydrogens is 432 g/mol. The van der Waals surface area contributed by atoms with E-state index in [0.29, 0.717) is 11.4 Å². The fourth-order valence-corrected chi connectivity index (χ4v) is 6.45. The first-order valence-corrected chi connectivity index (χ1v) is 12.0. The SMILES string of the molecule is O=C([O-])c1ccc(CSc2nc3ccc(N4C(=O)[C@H]5CCCC[C@H]5C4=O)cc3s2)cc1. The molecule has 31 heavy (non-hydrogen) atoms. The minimum atomic E-state index is -1.18. The van der Waals surface area contributed by atoms with Crippen LogP contribution in [0.3, 0.4) is 0 Å². The maximum Gasteiger partial charge on any atom is 0.237 e. The molecule has 0 bridgehead atoms. The molecule has 1 aliphatic carbocycles. The van der Waals surface area contributed by atoms with Crippen LogP contribution in [-0.4, -0.2) is 22.8 Å². The Morgan fingerprint density at radius 3 is 2.39 bits per heavy atom. The third-order valence-corrected chi connectivity index (χ3v) is 8.24. The van der Waals surface area contributed by atoms with E-state index in [4.69, 9.17) is 0 Å². The molecule has 2 fully saturated rings. The average molecular weight is 452 g/mol. The van der Waals surface area contributed by atoms with E-state index in [-0.39, 0.29) is 29.2 Å². The van der Waals surface area contributed by atoms with Crippen molar-refractivity contribution < 1.29 is 19.5 Å². The van der Waals surface area contributed by atoms with Gasteiger partial charge in [0.2, 0.25) is 11.8 Å². The van der Waals surface area contributed by atoms with Crippen LogP contribution in [0.2, 0.25) is 0 Å². The molecular formula is C23H19N2O4S2-. The Labute approximate surface area is 187 Å². The average Bonchev–Trinajstić information content (AvgIpc) is 3.30. The van der Waals surface area contributed by atoms with Gasteiger partial charge in [-0.3, -0.25) is 14.5 Å². The summed E-state index contributed by atoms with van der Waals surface area (Å²) in [5.41, 5.74) is 2.62. The predicted molar refractivity (Wildman–Crippen MR) is 118 cm³/mol. The van der Waals surface area contributed by atoms with Crippen molar-refractivity contribution in [3.8, 4) is 0 Å². The first-order chi connectivity index (χ1) is 15.0. The van der Waals surface area contributed by atoms with Gasteiger partial charge in [-0.15, -0.1) is 11.3 Å². The summed E-state index contributed by atoms with van der Waals surface area (Å²) in [6.45, 7) is 0.